The first-order chi connectivity index (χ1) is 13.4. The maximum absolute atomic E-state index is 12.5. The van der Waals surface area contributed by atoms with Crippen LogP contribution in [0.25, 0.3) is 0 Å². The van der Waals surface area contributed by atoms with E-state index in [1.807, 2.05) is 18.3 Å². The van der Waals surface area contributed by atoms with Crippen molar-refractivity contribution in [1.82, 2.24) is 20.5 Å². The number of aromatic nitrogens is 1. The lowest BCUT2D eigenvalue weighted by molar-refractivity contribution is -0.143. The molecule has 0 spiro atoms. The van der Waals surface area contributed by atoms with Gasteiger partial charge in [-0.2, -0.15) is 13.2 Å². The lowest BCUT2D eigenvalue weighted by atomic mass is 10.0. The highest BCUT2D eigenvalue weighted by molar-refractivity contribution is 14.0. The molecule has 2 heterocycles. The summed E-state index contributed by atoms with van der Waals surface area (Å²) in [5, 5.41) is 7.69. The molecule has 3 rings (SSSR count). The Morgan fingerprint density at radius 3 is 2.83 bits per heavy atom. The number of alkyl halides is 3. The predicted molar refractivity (Wildman–Crippen MR) is 123 cm³/mol. The molecule has 1 fully saturated rings. The summed E-state index contributed by atoms with van der Waals surface area (Å²) >= 11 is 1.85. The van der Waals surface area contributed by atoms with E-state index in [0.29, 0.717) is 32.0 Å². The molecule has 1 saturated heterocycles. The molecule has 2 aliphatic rings. The van der Waals surface area contributed by atoms with Crippen molar-refractivity contribution in [2.24, 2.45) is 4.99 Å². The van der Waals surface area contributed by atoms with E-state index in [-0.39, 0.29) is 30.0 Å². The average Bonchev–Trinajstić information content (AvgIpc) is 3.23. The van der Waals surface area contributed by atoms with Crippen LogP contribution in [0.15, 0.2) is 4.99 Å². The Morgan fingerprint density at radius 1 is 1.31 bits per heavy atom. The van der Waals surface area contributed by atoms with Crippen LogP contribution < -0.4 is 10.6 Å². The number of fused-ring (bicyclic) bond motifs is 1. The number of aliphatic imine (C=N–C) groups is 1. The van der Waals surface area contributed by atoms with Gasteiger partial charge < -0.3 is 10.6 Å². The van der Waals surface area contributed by atoms with Gasteiger partial charge in [-0.05, 0) is 45.4 Å². The molecular weight excluding hydrogens is 514 g/mol. The number of halogens is 4. The van der Waals surface area contributed by atoms with E-state index in [1.165, 1.54) is 39.7 Å². The Balaban J connectivity index is 0.00000300. The van der Waals surface area contributed by atoms with Gasteiger partial charge in [0.05, 0.1) is 17.2 Å². The van der Waals surface area contributed by atoms with Crippen molar-refractivity contribution in [2.45, 2.75) is 64.1 Å². The van der Waals surface area contributed by atoms with Crippen molar-refractivity contribution in [3.05, 3.63) is 15.6 Å². The Hall–Kier alpha value is -0.620. The number of aryl methyl sites for hydroxylation is 3. The molecule has 10 heteroatoms. The third-order valence-corrected chi connectivity index (χ3v) is 6.29. The summed E-state index contributed by atoms with van der Waals surface area (Å²) in [4.78, 5) is 12.3. The van der Waals surface area contributed by atoms with Crippen molar-refractivity contribution < 1.29 is 13.2 Å². The number of nitrogens with zero attached hydrogens (tertiary/aromatic N) is 3. The zero-order valence-corrected chi connectivity index (χ0v) is 20.0. The fourth-order valence-corrected chi connectivity index (χ4v) is 4.99. The van der Waals surface area contributed by atoms with Crippen LogP contribution in [-0.4, -0.2) is 60.8 Å². The van der Waals surface area contributed by atoms with Crippen LogP contribution >= 0.6 is 35.3 Å². The van der Waals surface area contributed by atoms with Crippen LogP contribution in [0.1, 0.15) is 48.2 Å². The molecule has 1 unspecified atom stereocenters. The Kier molecular flexibility index (Phi) is 9.93. The zero-order valence-electron chi connectivity index (χ0n) is 16.9. The van der Waals surface area contributed by atoms with Crippen LogP contribution in [0, 0.1) is 0 Å². The molecule has 166 valence electrons. The maximum atomic E-state index is 12.5. The van der Waals surface area contributed by atoms with Gasteiger partial charge in [0.1, 0.15) is 0 Å². The summed E-state index contributed by atoms with van der Waals surface area (Å²) in [6.45, 7) is 3.42. The molecule has 5 nitrogen and oxygen atoms in total. The second kappa shape index (κ2) is 11.7. The van der Waals surface area contributed by atoms with Crippen molar-refractivity contribution in [3.8, 4) is 0 Å². The Labute approximate surface area is 192 Å². The smallest absolute Gasteiger partial charge is 0.357 e. The first kappa shape index (κ1) is 24.6. The number of hydrogen-bond donors (Lipinski definition) is 2. The molecule has 1 aliphatic heterocycles. The van der Waals surface area contributed by atoms with Crippen molar-refractivity contribution in [2.75, 3.05) is 32.7 Å². The van der Waals surface area contributed by atoms with Crippen LogP contribution in [0.5, 0.6) is 0 Å². The second-order valence-electron chi connectivity index (χ2n) is 7.53. The lowest BCUT2D eigenvalue weighted by Gasteiger charge is -2.19. The van der Waals surface area contributed by atoms with Gasteiger partial charge in [0.25, 0.3) is 0 Å². The van der Waals surface area contributed by atoms with E-state index in [0.717, 1.165) is 25.8 Å². The molecule has 0 radical (unpaired) electrons. The molecule has 1 aromatic rings. The fraction of sp³-hybridized carbons (Fsp3) is 0.789. The van der Waals surface area contributed by atoms with E-state index < -0.39 is 12.7 Å². The first-order valence-corrected chi connectivity index (χ1v) is 11.1. The molecule has 1 aliphatic carbocycles. The standard InChI is InChI=1S/C19H30F3N5S.HI/c1-2-23-18(25-14-9-11-27(12-14)13-19(20,21)22)24-10-5-8-17-26-15-6-3-4-7-16(15)28-17;/h14H,2-13H2,1H3,(H2,23,24,25);1H. The monoisotopic (exact) mass is 545 g/mol. The highest BCUT2D eigenvalue weighted by atomic mass is 127. The van der Waals surface area contributed by atoms with Crippen LogP contribution in [0.2, 0.25) is 0 Å². The number of thiazole rings is 1. The fourth-order valence-electron chi connectivity index (χ4n) is 3.79. The number of likely N-dealkylation sites (tertiary alicyclic amines) is 1. The minimum absolute atomic E-state index is 0. The molecule has 1 aromatic heterocycles. The molecule has 0 bridgehead atoms. The largest absolute Gasteiger partial charge is 0.401 e. The minimum atomic E-state index is -4.14. The van der Waals surface area contributed by atoms with Crippen molar-refractivity contribution >= 4 is 41.3 Å². The highest BCUT2D eigenvalue weighted by Crippen LogP contribution is 2.27. The predicted octanol–water partition coefficient (Wildman–Crippen LogP) is 3.76. The summed E-state index contributed by atoms with van der Waals surface area (Å²) in [6, 6.07) is 0.00541. The first-order valence-electron chi connectivity index (χ1n) is 10.2. The molecule has 29 heavy (non-hydrogen) atoms. The summed E-state index contributed by atoms with van der Waals surface area (Å²) in [5.41, 5.74) is 1.30. The van der Waals surface area contributed by atoms with Gasteiger partial charge in [-0.25, -0.2) is 4.98 Å². The van der Waals surface area contributed by atoms with E-state index in [4.69, 9.17) is 4.98 Å². The number of guanidine groups is 1. The van der Waals surface area contributed by atoms with Gasteiger partial charge in [0.15, 0.2) is 5.96 Å². The number of hydrogen-bond acceptors (Lipinski definition) is 4. The summed E-state index contributed by atoms with van der Waals surface area (Å²) in [6.07, 6.45) is 3.24. The topological polar surface area (TPSA) is 52.6 Å². The molecule has 0 amide bonds. The Morgan fingerprint density at radius 2 is 2.10 bits per heavy atom. The van der Waals surface area contributed by atoms with Gasteiger partial charge in [0, 0.05) is 43.5 Å². The quantitative estimate of drug-likeness (QED) is 0.237. The normalized spacial score (nSPS) is 20.3. The summed E-state index contributed by atoms with van der Waals surface area (Å²) in [5.74, 6) is 0.694. The zero-order chi connectivity index (χ0) is 20.0. The van der Waals surface area contributed by atoms with Crippen LogP contribution in [0.3, 0.4) is 0 Å². The third-order valence-electron chi connectivity index (χ3n) is 5.07. The summed E-state index contributed by atoms with van der Waals surface area (Å²) in [7, 11) is 0. The average molecular weight is 545 g/mol. The van der Waals surface area contributed by atoms with Crippen LogP contribution in [-0.2, 0) is 19.3 Å². The minimum Gasteiger partial charge on any atom is -0.357 e. The maximum Gasteiger partial charge on any atom is 0.401 e. The SMILES string of the molecule is CCNC(=NCCCc1nc2c(s1)CCCC2)NC1CCN(CC(F)(F)F)C1.I. The highest BCUT2D eigenvalue weighted by Gasteiger charge is 2.34. The van der Waals surface area contributed by atoms with Gasteiger partial charge in [-0.3, -0.25) is 9.89 Å². The lowest BCUT2D eigenvalue weighted by Crippen LogP contribution is -2.45. The van der Waals surface area contributed by atoms with E-state index in [9.17, 15) is 13.2 Å². The van der Waals surface area contributed by atoms with Gasteiger partial charge >= 0.3 is 6.18 Å². The van der Waals surface area contributed by atoms with Gasteiger partial charge in [-0.1, -0.05) is 0 Å². The number of rotatable bonds is 7. The van der Waals surface area contributed by atoms with E-state index >= 15 is 0 Å². The molecule has 1 atom stereocenters. The molecule has 2 N–H and O–H groups in total. The third kappa shape index (κ3) is 8.20. The number of nitrogens with one attached hydrogen (secondary N) is 2. The molecular formula is C19H31F3IN5S. The van der Waals surface area contributed by atoms with Crippen molar-refractivity contribution in [3.63, 3.8) is 0 Å². The molecule has 0 aromatic carbocycles. The molecule has 0 saturated carbocycles. The summed E-state index contributed by atoms with van der Waals surface area (Å²) < 4.78 is 37.6. The second-order valence-corrected chi connectivity index (χ2v) is 8.70. The van der Waals surface area contributed by atoms with Gasteiger partial charge in [0.2, 0.25) is 0 Å². The van der Waals surface area contributed by atoms with Crippen LogP contribution in [0.4, 0.5) is 13.2 Å². The van der Waals surface area contributed by atoms with E-state index in [2.05, 4.69) is 15.6 Å². The van der Waals surface area contributed by atoms with E-state index in [1.54, 1.807) is 0 Å². The Bertz CT molecular complexity index is 641. The van der Waals surface area contributed by atoms with Gasteiger partial charge in [-0.15, -0.1) is 35.3 Å². The van der Waals surface area contributed by atoms with Crippen molar-refractivity contribution in [1.29, 1.82) is 0 Å².